The molecule has 6 nitrogen and oxygen atoms in total. The molecular formula is C24H24N2O4. The smallest absolute Gasteiger partial charge is 0.271 e. The van der Waals surface area contributed by atoms with Crippen molar-refractivity contribution in [1.82, 2.24) is 5.43 Å². The quantitative estimate of drug-likeness (QED) is 0.423. The van der Waals surface area contributed by atoms with Crippen LogP contribution < -0.4 is 19.6 Å². The number of nitrogens with one attached hydrogen (secondary N) is 1. The molecule has 0 saturated heterocycles. The number of hydrazone groups is 1. The summed E-state index contributed by atoms with van der Waals surface area (Å²) >= 11 is 0. The van der Waals surface area contributed by atoms with Gasteiger partial charge in [0.15, 0.2) is 11.5 Å². The van der Waals surface area contributed by atoms with Crippen molar-refractivity contribution in [2.75, 3.05) is 13.7 Å². The average molecular weight is 404 g/mol. The van der Waals surface area contributed by atoms with Crippen molar-refractivity contribution in [2.24, 2.45) is 5.10 Å². The second kappa shape index (κ2) is 10.7. The van der Waals surface area contributed by atoms with Crippen molar-refractivity contribution in [3.05, 3.63) is 89.5 Å². The molecule has 1 amide bonds. The predicted molar refractivity (Wildman–Crippen MR) is 116 cm³/mol. The number of amides is 1. The van der Waals surface area contributed by atoms with E-state index in [9.17, 15) is 4.79 Å². The topological polar surface area (TPSA) is 69.2 Å². The van der Waals surface area contributed by atoms with Gasteiger partial charge in [-0.25, -0.2) is 5.43 Å². The molecule has 0 atom stereocenters. The van der Waals surface area contributed by atoms with Crippen molar-refractivity contribution >= 4 is 12.1 Å². The first-order valence-electron chi connectivity index (χ1n) is 9.61. The van der Waals surface area contributed by atoms with Crippen LogP contribution in [0.4, 0.5) is 0 Å². The zero-order valence-electron chi connectivity index (χ0n) is 17.0. The van der Waals surface area contributed by atoms with Crippen LogP contribution in [0.25, 0.3) is 0 Å². The molecule has 1 N–H and O–H groups in total. The summed E-state index contributed by atoms with van der Waals surface area (Å²) in [5.74, 6) is 1.39. The molecule has 3 aromatic carbocycles. The zero-order valence-corrected chi connectivity index (χ0v) is 17.0. The molecule has 0 radical (unpaired) electrons. The van der Waals surface area contributed by atoms with Crippen LogP contribution in [0, 0.1) is 0 Å². The fraction of sp³-hybridized carbons (Fsp3) is 0.167. The summed E-state index contributed by atoms with van der Waals surface area (Å²) in [6, 6.07) is 22.3. The number of methoxy groups -OCH3 is 1. The summed E-state index contributed by atoms with van der Waals surface area (Å²) in [6.45, 7) is 2.87. The first-order chi connectivity index (χ1) is 14.7. The standard InChI is InChI=1S/C24H24N2O4/c1-3-29-21-12-8-7-11-20(21)16-25-26-24(27)19-13-14-22(23(15-19)28-2)30-17-18-9-5-4-6-10-18/h4-16H,3,17H2,1-2H3,(H,26,27)/b25-16+. The third-order valence-electron chi connectivity index (χ3n) is 4.25. The molecule has 0 fully saturated rings. The number of hydrogen-bond acceptors (Lipinski definition) is 5. The third-order valence-corrected chi connectivity index (χ3v) is 4.25. The van der Waals surface area contributed by atoms with E-state index < -0.39 is 0 Å². The normalized spacial score (nSPS) is 10.6. The Labute approximate surface area is 176 Å². The number of benzene rings is 3. The maximum Gasteiger partial charge on any atom is 0.271 e. The number of nitrogens with zero attached hydrogens (tertiary/aromatic N) is 1. The number of para-hydroxylation sites is 1. The fourth-order valence-corrected chi connectivity index (χ4v) is 2.76. The van der Waals surface area contributed by atoms with Crippen LogP contribution in [0.1, 0.15) is 28.4 Å². The number of carbonyl (C=O) groups is 1. The van der Waals surface area contributed by atoms with Crippen molar-refractivity contribution in [2.45, 2.75) is 13.5 Å². The van der Waals surface area contributed by atoms with Gasteiger partial charge in [0.25, 0.3) is 5.91 Å². The van der Waals surface area contributed by atoms with Gasteiger partial charge < -0.3 is 14.2 Å². The van der Waals surface area contributed by atoms with Crippen LogP contribution in [0.3, 0.4) is 0 Å². The van der Waals surface area contributed by atoms with E-state index in [4.69, 9.17) is 14.2 Å². The van der Waals surface area contributed by atoms with E-state index in [1.54, 1.807) is 24.4 Å². The van der Waals surface area contributed by atoms with E-state index in [0.29, 0.717) is 36.0 Å². The van der Waals surface area contributed by atoms with Gasteiger partial charge in [-0.2, -0.15) is 5.10 Å². The summed E-state index contributed by atoms with van der Waals surface area (Å²) in [4.78, 5) is 12.5. The number of hydrogen-bond donors (Lipinski definition) is 1. The van der Waals surface area contributed by atoms with Crippen LogP contribution in [-0.2, 0) is 6.61 Å². The molecule has 0 heterocycles. The number of ether oxygens (including phenoxy) is 3. The minimum Gasteiger partial charge on any atom is -0.493 e. The van der Waals surface area contributed by atoms with E-state index >= 15 is 0 Å². The first-order valence-corrected chi connectivity index (χ1v) is 9.61. The summed E-state index contributed by atoms with van der Waals surface area (Å²) in [5.41, 5.74) is 4.76. The molecule has 0 aliphatic carbocycles. The average Bonchev–Trinajstić information content (AvgIpc) is 2.79. The van der Waals surface area contributed by atoms with Crippen LogP contribution in [0.15, 0.2) is 77.9 Å². The molecular weight excluding hydrogens is 380 g/mol. The van der Waals surface area contributed by atoms with Gasteiger partial charge in [0.1, 0.15) is 12.4 Å². The molecule has 3 aromatic rings. The Kier molecular flexibility index (Phi) is 7.44. The third kappa shape index (κ3) is 5.61. The lowest BCUT2D eigenvalue weighted by Gasteiger charge is -2.12. The van der Waals surface area contributed by atoms with Crippen LogP contribution >= 0.6 is 0 Å². The van der Waals surface area contributed by atoms with Gasteiger partial charge >= 0.3 is 0 Å². The molecule has 0 unspecified atom stereocenters. The molecule has 0 saturated carbocycles. The van der Waals surface area contributed by atoms with Crippen molar-refractivity contribution in [1.29, 1.82) is 0 Å². The van der Waals surface area contributed by atoms with Crippen molar-refractivity contribution < 1.29 is 19.0 Å². The molecule has 30 heavy (non-hydrogen) atoms. The van der Waals surface area contributed by atoms with E-state index in [1.807, 2.05) is 61.5 Å². The van der Waals surface area contributed by atoms with Crippen molar-refractivity contribution in [3.63, 3.8) is 0 Å². The Morgan fingerprint density at radius 2 is 1.70 bits per heavy atom. The maximum absolute atomic E-state index is 12.5. The van der Waals surface area contributed by atoms with E-state index in [1.165, 1.54) is 7.11 Å². The van der Waals surface area contributed by atoms with Gasteiger partial charge in [-0.15, -0.1) is 0 Å². The van der Waals surface area contributed by atoms with Gasteiger partial charge in [0.05, 0.1) is 19.9 Å². The molecule has 0 aliphatic heterocycles. The lowest BCUT2D eigenvalue weighted by Crippen LogP contribution is -2.17. The Morgan fingerprint density at radius 1 is 0.933 bits per heavy atom. The highest BCUT2D eigenvalue weighted by molar-refractivity contribution is 5.95. The summed E-state index contributed by atoms with van der Waals surface area (Å²) in [7, 11) is 1.54. The molecule has 3 rings (SSSR count). The van der Waals surface area contributed by atoms with Crippen LogP contribution in [-0.4, -0.2) is 25.8 Å². The predicted octanol–water partition coefficient (Wildman–Crippen LogP) is 4.44. The van der Waals surface area contributed by atoms with Crippen molar-refractivity contribution in [3.8, 4) is 17.2 Å². The monoisotopic (exact) mass is 404 g/mol. The fourth-order valence-electron chi connectivity index (χ4n) is 2.76. The molecule has 0 spiro atoms. The Bertz CT molecular complexity index is 1000. The Morgan fingerprint density at radius 3 is 2.47 bits per heavy atom. The van der Waals surface area contributed by atoms with Gasteiger partial charge in [0, 0.05) is 11.1 Å². The highest BCUT2D eigenvalue weighted by Gasteiger charge is 2.11. The van der Waals surface area contributed by atoms with E-state index in [2.05, 4.69) is 10.5 Å². The highest BCUT2D eigenvalue weighted by atomic mass is 16.5. The van der Waals surface area contributed by atoms with Crippen LogP contribution in [0.2, 0.25) is 0 Å². The Balaban J connectivity index is 1.64. The highest BCUT2D eigenvalue weighted by Crippen LogP contribution is 2.29. The minimum atomic E-state index is -0.354. The Hall–Kier alpha value is -3.80. The van der Waals surface area contributed by atoms with E-state index in [-0.39, 0.29) is 5.91 Å². The molecule has 0 aromatic heterocycles. The molecule has 0 aliphatic rings. The number of rotatable bonds is 9. The van der Waals surface area contributed by atoms with Gasteiger partial charge in [-0.3, -0.25) is 4.79 Å². The van der Waals surface area contributed by atoms with Gasteiger partial charge in [0.2, 0.25) is 0 Å². The van der Waals surface area contributed by atoms with Gasteiger partial charge in [-0.1, -0.05) is 42.5 Å². The first kappa shape index (κ1) is 20.9. The van der Waals surface area contributed by atoms with E-state index in [0.717, 1.165) is 11.1 Å². The second-order valence-corrected chi connectivity index (χ2v) is 6.31. The zero-order chi connectivity index (χ0) is 21.2. The largest absolute Gasteiger partial charge is 0.493 e. The minimum absolute atomic E-state index is 0.354. The lowest BCUT2D eigenvalue weighted by molar-refractivity contribution is 0.0954. The summed E-state index contributed by atoms with van der Waals surface area (Å²) < 4.78 is 16.7. The van der Waals surface area contributed by atoms with Gasteiger partial charge in [-0.05, 0) is 42.8 Å². The lowest BCUT2D eigenvalue weighted by atomic mass is 10.2. The molecule has 0 bridgehead atoms. The van der Waals surface area contributed by atoms with Crippen LogP contribution in [0.5, 0.6) is 17.2 Å². The molecule has 154 valence electrons. The summed E-state index contributed by atoms with van der Waals surface area (Å²) in [5, 5.41) is 4.04. The number of carbonyl (C=O) groups excluding carboxylic acids is 1. The summed E-state index contributed by atoms with van der Waals surface area (Å²) in [6.07, 6.45) is 1.55. The SMILES string of the molecule is CCOc1ccccc1/C=N/NC(=O)c1ccc(OCc2ccccc2)c(OC)c1. The second-order valence-electron chi connectivity index (χ2n) is 6.31. The molecule has 6 heteroatoms. The maximum atomic E-state index is 12.5.